The number of aryl methyl sites for hydroxylation is 1. The molecule has 1 heterocycles. The van der Waals surface area contributed by atoms with Gasteiger partial charge in [0.15, 0.2) is 5.69 Å². The predicted molar refractivity (Wildman–Crippen MR) is 64.3 cm³/mol. The Bertz CT molecular complexity index is 506. The van der Waals surface area contributed by atoms with Crippen LogP contribution in [-0.4, -0.2) is 42.7 Å². The van der Waals surface area contributed by atoms with Crippen molar-refractivity contribution < 1.29 is 13.2 Å². The molecule has 7 nitrogen and oxygen atoms in total. The van der Waals surface area contributed by atoms with Gasteiger partial charge in [-0.05, 0) is 6.42 Å². The van der Waals surface area contributed by atoms with Gasteiger partial charge in [-0.1, -0.05) is 0 Å². The molecule has 0 radical (unpaired) electrons. The largest absolute Gasteiger partial charge is 0.396 e. The van der Waals surface area contributed by atoms with Gasteiger partial charge in [-0.3, -0.25) is 9.48 Å². The number of aromatic nitrogens is 2. The Balaban J connectivity index is 2.43. The lowest BCUT2D eigenvalue weighted by molar-refractivity contribution is 0.0949. The standard InChI is InChI=1S/C9H16N4O3S/c1-13-6-7(10)8(12-13)9(14)11-4-3-5-17(2,15)16/h6H,3-5,10H2,1-2H3,(H,11,14). The van der Waals surface area contributed by atoms with Crippen LogP contribution in [0.5, 0.6) is 0 Å². The van der Waals surface area contributed by atoms with Gasteiger partial charge in [0.1, 0.15) is 9.84 Å². The lowest BCUT2D eigenvalue weighted by Gasteiger charge is -2.02. The van der Waals surface area contributed by atoms with E-state index in [1.165, 1.54) is 10.9 Å². The minimum Gasteiger partial charge on any atom is -0.396 e. The fourth-order valence-electron chi connectivity index (χ4n) is 1.30. The number of carbonyl (C=O) groups is 1. The molecule has 1 amide bonds. The molecule has 0 saturated carbocycles. The summed E-state index contributed by atoms with van der Waals surface area (Å²) >= 11 is 0. The van der Waals surface area contributed by atoms with E-state index in [1.54, 1.807) is 7.05 Å². The Morgan fingerprint density at radius 2 is 2.24 bits per heavy atom. The van der Waals surface area contributed by atoms with Gasteiger partial charge in [-0.25, -0.2) is 8.42 Å². The summed E-state index contributed by atoms with van der Waals surface area (Å²) in [7, 11) is -1.32. The first-order chi connectivity index (χ1) is 7.79. The Morgan fingerprint density at radius 1 is 1.59 bits per heavy atom. The van der Waals surface area contributed by atoms with Crippen LogP contribution in [0.4, 0.5) is 5.69 Å². The van der Waals surface area contributed by atoms with Gasteiger partial charge in [0.25, 0.3) is 5.91 Å². The number of amides is 1. The van der Waals surface area contributed by atoms with Crippen molar-refractivity contribution in [3.63, 3.8) is 0 Å². The highest BCUT2D eigenvalue weighted by molar-refractivity contribution is 7.90. The van der Waals surface area contributed by atoms with Crippen LogP contribution < -0.4 is 11.1 Å². The van der Waals surface area contributed by atoms with Gasteiger partial charge in [0, 0.05) is 26.0 Å². The number of nitrogens with one attached hydrogen (secondary N) is 1. The van der Waals surface area contributed by atoms with Crippen LogP contribution in [0.15, 0.2) is 6.20 Å². The third-order valence-corrected chi connectivity index (χ3v) is 3.08. The third kappa shape index (κ3) is 4.43. The minimum atomic E-state index is -2.99. The van der Waals surface area contributed by atoms with Crippen molar-refractivity contribution in [3.8, 4) is 0 Å². The molecule has 1 rings (SSSR count). The summed E-state index contributed by atoms with van der Waals surface area (Å²) in [6, 6.07) is 0. The van der Waals surface area contributed by atoms with Crippen molar-refractivity contribution in [1.29, 1.82) is 0 Å². The molecule has 0 saturated heterocycles. The van der Waals surface area contributed by atoms with E-state index >= 15 is 0 Å². The molecule has 96 valence electrons. The summed E-state index contributed by atoms with van der Waals surface area (Å²) in [5, 5.41) is 6.47. The van der Waals surface area contributed by atoms with Crippen molar-refractivity contribution in [2.75, 3.05) is 24.3 Å². The van der Waals surface area contributed by atoms with E-state index in [0.717, 1.165) is 6.26 Å². The Kier molecular flexibility index (Phi) is 4.11. The fourth-order valence-corrected chi connectivity index (χ4v) is 1.97. The van der Waals surface area contributed by atoms with Crippen molar-refractivity contribution >= 4 is 21.4 Å². The van der Waals surface area contributed by atoms with Crippen LogP contribution in [0, 0.1) is 0 Å². The lowest BCUT2D eigenvalue weighted by atomic mass is 10.3. The summed E-state index contributed by atoms with van der Waals surface area (Å²) in [6.07, 6.45) is 3.06. The highest BCUT2D eigenvalue weighted by atomic mass is 32.2. The summed E-state index contributed by atoms with van der Waals surface area (Å²) in [4.78, 5) is 11.6. The van der Waals surface area contributed by atoms with Crippen LogP contribution in [0.1, 0.15) is 16.9 Å². The van der Waals surface area contributed by atoms with E-state index in [9.17, 15) is 13.2 Å². The lowest BCUT2D eigenvalue weighted by Crippen LogP contribution is -2.27. The minimum absolute atomic E-state index is 0.0466. The zero-order valence-corrected chi connectivity index (χ0v) is 10.6. The number of hydrogen-bond donors (Lipinski definition) is 2. The molecule has 3 N–H and O–H groups in total. The van der Waals surface area contributed by atoms with Gasteiger partial charge in [0.05, 0.1) is 11.4 Å². The van der Waals surface area contributed by atoms with Crippen molar-refractivity contribution in [3.05, 3.63) is 11.9 Å². The van der Waals surface area contributed by atoms with E-state index in [0.29, 0.717) is 12.1 Å². The maximum atomic E-state index is 11.6. The monoisotopic (exact) mass is 260 g/mol. The highest BCUT2D eigenvalue weighted by Crippen LogP contribution is 2.07. The molecule has 0 unspecified atom stereocenters. The first kappa shape index (κ1) is 13.5. The van der Waals surface area contributed by atoms with E-state index < -0.39 is 15.7 Å². The number of carbonyl (C=O) groups excluding carboxylic acids is 1. The summed E-state index contributed by atoms with van der Waals surface area (Å²) < 4.78 is 23.2. The molecule has 0 aliphatic rings. The molecular formula is C9H16N4O3S. The van der Waals surface area contributed by atoms with E-state index in [4.69, 9.17) is 5.73 Å². The van der Waals surface area contributed by atoms with Crippen molar-refractivity contribution in [1.82, 2.24) is 15.1 Å². The molecule has 0 aromatic carbocycles. The van der Waals surface area contributed by atoms with Crippen LogP contribution >= 0.6 is 0 Å². The van der Waals surface area contributed by atoms with E-state index in [1.807, 2.05) is 0 Å². The number of nitrogens with two attached hydrogens (primary N) is 1. The average Bonchev–Trinajstić information content (AvgIpc) is 2.51. The van der Waals surface area contributed by atoms with Crippen LogP contribution in [0.2, 0.25) is 0 Å². The highest BCUT2D eigenvalue weighted by Gasteiger charge is 2.13. The summed E-state index contributed by atoms with van der Waals surface area (Å²) in [5.74, 6) is -0.345. The smallest absolute Gasteiger partial charge is 0.273 e. The van der Waals surface area contributed by atoms with Crippen LogP contribution in [0.25, 0.3) is 0 Å². The molecule has 1 aromatic rings. The van der Waals surface area contributed by atoms with Crippen molar-refractivity contribution in [2.45, 2.75) is 6.42 Å². The Labute approximate surface area is 99.9 Å². The molecule has 0 fully saturated rings. The maximum absolute atomic E-state index is 11.6. The number of hydrogen-bond acceptors (Lipinski definition) is 5. The second kappa shape index (κ2) is 5.17. The second-order valence-electron chi connectivity index (χ2n) is 3.85. The Hall–Kier alpha value is -1.57. The zero-order chi connectivity index (χ0) is 13.1. The number of anilines is 1. The van der Waals surface area contributed by atoms with Crippen LogP contribution in [-0.2, 0) is 16.9 Å². The number of sulfone groups is 1. The number of rotatable bonds is 5. The van der Waals surface area contributed by atoms with Gasteiger partial charge in [0.2, 0.25) is 0 Å². The molecule has 0 bridgehead atoms. The first-order valence-electron chi connectivity index (χ1n) is 5.04. The normalized spacial score (nSPS) is 11.4. The molecule has 1 aromatic heterocycles. The van der Waals surface area contributed by atoms with Gasteiger partial charge in [-0.2, -0.15) is 5.10 Å². The van der Waals surface area contributed by atoms with Crippen molar-refractivity contribution in [2.24, 2.45) is 7.05 Å². The molecular weight excluding hydrogens is 244 g/mol. The first-order valence-corrected chi connectivity index (χ1v) is 7.10. The van der Waals surface area contributed by atoms with Crippen LogP contribution in [0.3, 0.4) is 0 Å². The molecule has 0 atom stereocenters. The second-order valence-corrected chi connectivity index (χ2v) is 6.11. The quantitative estimate of drug-likeness (QED) is 0.672. The zero-order valence-electron chi connectivity index (χ0n) is 9.80. The van der Waals surface area contributed by atoms with E-state index in [-0.39, 0.29) is 18.0 Å². The SMILES string of the molecule is Cn1cc(N)c(C(=O)NCCCS(C)(=O)=O)n1. The predicted octanol–water partition coefficient (Wildman–Crippen LogP) is -0.833. The maximum Gasteiger partial charge on any atom is 0.273 e. The van der Waals surface area contributed by atoms with Gasteiger partial charge >= 0.3 is 0 Å². The number of nitrogens with zero attached hydrogens (tertiary/aromatic N) is 2. The van der Waals surface area contributed by atoms with E-state index in [2.05, 4.69) is 10.4 Å². The molecule has 17 heavy (non-hydrogen) atoms. The Morgan fingerprint density at radius 3 is 2.71 bits per heavy atom. The molecule has 0 aliphatic heterocycles. The summed E-state index contributed by atoms with van der Waals surface area (Å²) in [6.45, 7) is 0.280. The third-order valence-electron chi connectivity index (χ3n) is 2.05. The fraction of sp³-hybridized carbons (Fsp3) is 0.556. The van der Waals surface area contributed by atoms with Gasteiger partial charge < -0.3 is 11.1 Å². The topological polar surface area (TPSA) is 107 Å². The number of nitrogen functional groups attached to an aromatic ring is 1. The molecule has 8 heteroatoms. The molecule has 0 aliphatic carbocycles. The van der Waals surface area contributed by atoms with Gasteiger partial charge in [-0.15, -0.1) is 0 Å². The average molecular weight is 260 g/mol. The summed E-state index contributed by atoms with van der Waals surface area (Å²) in [5.41, 5.74) is 6.03. The molecule has 0 spiro atoms.